The Morgan fingerprint density at radius 1 is 1.50 bits per heavy atom. The van der Waals surface area contributed by atoms with E-state index in [0.717, 1.165) is 12.1 Å². The highest BCUT2D eigenvalue weighted by molar-refractivity contribution is 5.96. The van der Waals surface area contributed by atoms with Crippen LogP contribution in [-0.4, -0.2) is 43.3 Å². The lowest BCUT2D eigenvalue weighted by molar-refractivity contribution is -0.0527. The zero-order valence-corrected chi connectivity index (χ0v) is 12.3. The molecule has 1 saturated heterocycles. The second kappa shape index (κ2) is 6.24. The lowest BCUT2D eigenvalue weighted by atomic mass is 10.0. The maximum Gasteiger partial charge on any atom is 0.340 e. The van der Waals surface area contributed by atoms with Gasteiger partial charge in [0.1, 0.15) is 0 Å². The van der Waals surface area contributed by atoms with Crippen LogP contribution in [0.1, 0.15) is 29.8 Å². The molecule has 2 atom stereocenters. The largest absolute Gasteiger partial charge is 0.465 e. The van der Waals surface area contributed by atoms with E-state index in [4.69, 9.17) is 15.2 Å². The average molecular weight is 278 g/mol. The van der Waals surface area contributed by atoms with Crippen LogP contribution in [0.15, 0.2) is 18.2 Å². The minimum absolute atomic E-state index is 0.203. The minimum Gasteiger partial charge on any atom is -0.465 e. The number of nitrogens with zero attached hydrogens (tertiary/aromatic N) is 1. The zero-order valence-electron chi connectivity index (χ0n) is 12.3. The van der Waals surface area contributed by atoms with Crippen LogP contribution < -0.4 is 5.73 Å². The van der Waals surface area contributed by atoms with Crippen molar-refractivity contribution in [3.05, 3.63) is 29.3 Å². The molecule has 0 bridgehead atoms. The van der Waals surface area contributed by atoms with Crippen LogP contribution in [-0.2, 0) is 16.0 Å². The van der Waals surface area contributed by atoms with E-state index in [1.54, 1.807) is 6.07 Å². The molecule has 0 spiro atoms. The van der Waals surface area contributed by atoms with Crippen LogP contribution in [0.25, 0.3) is 0 Å². The van der Waals surface area contributed by atoms with Gasteiger partial charge in [0.25, 0.3) is 0 Å². The lowest BCUT2D eigenvalue weighted by Gasteiger charge is -2.37. The maximum atomic E-state index is 11.9. The van der Waals surface area contributed by atoms with E-state index < -0.39 is 0 Å². The normalized spacial score (nSPS) is 23.6. The molecule has 20 heavy (non-hydrogen) atoms. The number of nitrogen functional groups attached to an aromatic ring is 1. The quantitative estimate of drug-likeness (QED) is 0.673. The summed E-state index contributed by atoms with van der Waals surface area (Å²) in [4.78, 5) is 14.2. The fourth-order valence-corrected chi connectivity index (χ4v) is 2.51. The first-order chi connectivity index (χ1) is 9.52. The van der Waals surface area contributed by atoms with Crippen LogP contribution in [0, 0.1) is 0 Å². The molecule has 1 aliphatic heterocycles. The number of nitrogens with two attached hydrogens (primary N) is 1. The summed E-state index contributed by atoms with van der Waals surface area (Å²) in [7, 11) is 1.37. The molecule has 2 unspecified atom stereocenters. The molecule has 2 N–H and O–H groups in total. The number of morpholine rings is 1. The Morgan fingerprint density at radius 3 is 2.95 bits per heavy atom. The van der Waals surface area contributed by atoms with Crippen molar-refractivity contribution in [1.82, 2.24) is 4.90 Å². The summed E-state index contributed by atoms with van der Waals surface area (Å²) in [6.07, 6.45) is 0.203. The summed E-state index contributed by atoms with van der Waals surface area (Å²) in [6.45, 7) is 6.40. The molecular weight excluding hydrogens is 256 g/mol. The highest BCUT2D eigenvalue weighted by Gasteiger charge is 2.25. The number of rotatable bonds is 3. The van der Waals surface area contributed by atoms with Crippen molar-refractivity contribution in [2.45, 2.75) is 32.5 Å². The molecule has 1 fully saturated rings. The Balaban J connectivity index is 2.24. The van der Waals surface area contributed by atoms with Crippen molar-refractivity contribution >= 4 is 11.7 Å². The molecule has 110 valence electrons. The molecule has 1 aromatic rings. The Bertz CT molecular complexity index is 490. The van der Waals surface area contributed by atoms with Gasteiger partial charge < -0.3 is 15.2 Å². The predicted octanol–water partition coefficient (Wildman–Crippen LogP) is 1.66. The number of ether oxygens (including phenoxy) is 2. The fraction of sp³-hybridized carbons (Fsp3) is 0.533. The van der Waals surface area contributed by atoms with Crippen molar-refractivity contribution in [2.75, 3.05) is 26.0 Å². The molecule has 0 amide bonds. The molecule has 0 radical (unpaired) electrons. The molecule has 0 aromatic heterocycles. The van der Waals surface area contributed by atoms with Crippen LogP contribution >= 0.6 is 0 Å². The van der Waals surface area contributed by atoms with E-state index in [1.165, 1.54) is 7.11 Å². The summed E-state index contributed by atoms with van der Waals surface area (Å²) < 4.78 is 10.5. The summed E-state index contributed by atoms with van der Waals surface area (Å²) in [5, 5.41) is 0. The minimum atomic E-state index is -0.382. The van der Waals surface area contributed by atoms with E-state index in [0.29, 0.717) is 30.4 Å². The van der Waals surface area contributed by atoms with Crippen LogP contribution in [0.3, 0.4) is 0 Å². The number of methoxy groups -OCH3 is 1. The number of carbonyl (C=O) groups excluding carboxylic acids is 1. The van der Waals surface area contributed by atoms with Gasteiger partial charge in [0.05, 0.1) is 25.4 Å². The number of hydrogen-bond donors (Lipinski definition) is 1. The monoisotopic (exact) mass is 278 g/mol. The van der Waals surface area contributed by atoms with Gasteiger partial charge in [-0.3, -0.25) is 4.90 Å². The number of carbonyl (C=O) groups is 1. The third-order valence-electron chi connectivity index (χ3n) is 3.68. The highest BCUT2D eigenvalue weighted by Crippen LogP contribution is 2.22. The molecule has 5 nitrogen and oxygen atoms in total. The smallest absolute Gasteiger partial charge is 0.340 e. The Kier molecular flexibility index (Phi) is 4.62. The average Bonchev–Trinajstić information content (AvgIpc) is 2.42. The van der Waals surface area contributed by atoms with E-state index in [1.807, 2.05) is 12.1 Å². The molecular formula is C15H22N2O3. The van der Waals surface area contributed by atoms with Gasteiger partial charge in [0.15, 0.2) is 0 Å². The third-order valence-corrected chi connectivity index (χ3v) is 3.68. The van der Waals surface area contributed by atoms with Crippen molar-refractivity contribution in [3.63, 3.8) is 0 Å². The van der Waals surface area contributed by atoms with Crippen LogP contribution in [0.5, 0.6) is 0 Å². The van der Waals surface area contributed by atoms with E-state index in [9.17, 15) is 4.79 Å². The first-order valence-corrected chi connectivity index (χ1v) is 6.84. The van der Waals surface area contributed by atoms with Gasteiger partial charge in [-0.1, -0.05) is 12.1 Å². The fourth-order valence-electron chi connectivity index (χ4n) is 2.51. The van der Waals surface area contributed by atoms with Gasteiger partial charge in [0, 0.05) is 24.8 Å². The van der Waals surface area contributed by atoms with Gasteiger partial charge in [-0.2, -0.15) is 0 Å². The predicted molar refractivity (Wildman–Crippen MR) is 77.5 cm³/mol. The zero-order chi connectivity index (χ0) is 14.7. The second-order valence-electron chi connectivity index (χ2n) is 5.30. The summed E-state index contributed by atoms with van der Waals surface area (Å²) in [5.41, 5.74) is 7.76. The van der Waals surface area contributed by atoms with Gasteiger partial charge in [-0.25, -0.2) is 4.79 Å². The van der Waals surface area contributed by atoms with Crippen molar-refractivity contribution in [2.24, 2.45) is 0 Å². The van der Waals surface area contributed by atoms with Crippen LogP contribution in [0.4, 0.5) is 5.69 Å². The van der Waals surface area contributed by atoms with Crippen LogP contribution in [0.2, 0.25) is 0 Å². The van der Waals surface area contributed by atoms with Crippen molar-refractivity contribution in [1.29, 1.82) is 0 Å². The number of esters is 1. The standard InChI is InChI=1S/C15H22N2O3/c1-10-9-20-11(2)7-17(10)8-12-5-4-6-13(16)14(12)15(18)19-3/h4-6,10-11H,7-9,16H2,1-3H3. The van der Waals surface area contributed by atoms with Gasteiger partial charge in [0.2, 0.25) is 0 Å². The molecule has 1 aliphatic rings. The Hall–Kier alpha value is -1.59. The van der Waals surface area contributed by atoms with Gasteiger partial charge in [-0.05, 0) is 25.5 Å². The molecule has 0 saturated carbocycles. The SMILES string of the molecule is COC(=O)c1c(N)cccc1CN1CC(C)OCC1C. The van der Waals surface area contributed by atoms with Gasteiger partial charge >= 0.3 is 5.97 Å². The third kappa shape index (κ3) is 3.11. The van der Waals surface area contributed by atoms with E-state index in [2.05, 4.69) is 18.7 Å². The van der Waals surface area contributed by atoms with Gasteiger partial charge in [-0.15, -0.1) is 0 Å². The Morgan fingerprint density at radius 2 is 2.25 bits per heavy atom. The Labute approximate surface area is 119 Å². The van der Waals surface area contributed by atoms with Crippen molar-refractivity contribution in [3.8, 4) is 0 Å². The summed E-state index contributed by atoms with van der Waals surface area (Å²) >= 11 is 0. The highest BCUT2D eigenvalue weighted by atomic mass is 16.5. The number of hydrogen-bond acceptors (Lipinski definition) is 5. The second-order valence-corrected chi connectivity index (χ2v) is 5.30. The topological polar surface area (TPSA) is 64.8 Å². The first-order valence-electron chi connectivity index (χ1n) is 6.84. The first kappa shape index (κ1) is 14.8. The summed E-state index contributed by atoms with van der Waals surface area (Å²) in [5.74, 6) is -0.382. The maximum absolute atomic E-state index is 11.9. The number of anilines is 1. The summed E-state index contributed by atoms with van der Waals surface area (Å²) in [6, 6.07) is 5.83. The van der Waals surface area contributed by atoms with Crippen molar-refractivity contribution < 1.29 is 14.3 Å². The molecule has 1 heterocycles. The number of benzene rings is 1. The van der Waals surface area contributed by atoms with E-state index in [-0.39, 0.29) is 12.1 Å². The molecule has 2 rings (SSSR count). The lowest BCUT2D eigenvalue weighted by Crippen LogP contribution is -2.46. The van der Waals surface area contributed by atoms with E-state index >= 15 is 0 Å². The molecule has 0 aliphatic carbocycles. The molecule has 5 heteroatoms. The molecule has 1 aromatic carbocycles.